The number of benzene rings is 1. The number of fused-ring (bicyclic) bond motifs is 1. The van der Waals surface area contributed by atoms with Crippen molar-refractivity contribution in [2.75, 3.05) is 21.2 Å². The van der Waals surface area contributed by atoms with Gasteiger partial charge in [-0.15, -0.1) is 0 Å². The van der Waals surface area contributed by atoms with Gasteiger partial charge in [-0.2, -0.15) is 22.5 Å². The molecule has 0 aliphatic carbocycles. The lowest BCUT2D eigenvalue weighted by molar-refractivity contribution is 0.414. The summed E-state index contributed by atoms with van der Waals surface area (Å²) in [5.74, 6) is 1.42. The highest BCUT2D eigenvalue weighted by Gasteiger charge is 2.25. The second kappa shape index (κ2) is 7.83. The highest BCUT2D eigenvalue weighted by molar-refractivity contribution is 7.87. The van der Waals surface area contributed by atoms with Crippen molar-refractivity contribution in [2.45, 2.75) is 38.4 Å². The minimum atomic E-state index is -3.49. The van der Waals surface area contributed by atoms with Gasteiger partial charge in [0.15, 0.2) is 0 Å². The number of rotatable bonds is 6. The van der Waals surface area contributed by atoms with Crippen LogP contribution in [0.15, 0.2) is 29.1 Å². The molecule has 1 aliphatic rings. The number of ether oxygens (including phenoxy) is 1. The summed E-state index contributed by atoms with van der Waals surface area (Å²) in [6, 6.07) is 7.31. The fourth-order valence-corrected chi connectivity index (χ4v) is 3.98. The molecule has 10 heteroatoms. The Kier molecular flexibility index (Phi) is 5.68. The fourth-order valence-electron chi connectivity index (χ4n) is 3.11. The molecule has 0 amide bonds. The van der Waals surface area contributed by atoms with Gasteiger partial charge in [0.2, 0.25) is 0 Å². The number of methoxy groups -OCH3 is 1. The van der Waals surface area contributed by atoms with Gasteiger partial charge in [0.25, 0.3) is 10.2 Å². The Morgan fingerprint density at radius 3 is 2.81 bits per heavy atom. The van der Waals surface area contributed by atoms with Gasteiger partial charge in [-0.25, -0.2) is 9.48 Å². The Balaban J connectivity index is 1.74. The average Bonchev–Trinajstić information content (AvgIpc) is 2.79. The normalized spacial score (nSPS) is 17.6. The molecule has 0 fully saturated rings. The first-order chi connectivity index (χ1) is 12.8. The number of nitrogens with zero attached hydrogens (tertiary/aromatic N) is 4. The molecule has 1 N–H and O–H groups in total. The summed E-state index contributed by atoms with van der Waals surface area (Å²) >= 11 is 0. The summed E-state index contributed by atoms with van der Waals surface area (Å²) < 4.78 is 36.2. The number of hydrogen-bond acceptors (Lipinski definition) is 5. The summed E-state index contributed by atoms with van der Waals surface area (Å²) in [5, 5.41) is 4.47. The molecule has 1 aliphatic heterocycles. The van der Waals surface area contributed by atoms with Crippen molar-refractivity contribution >= 4 is 10.2 Å². The molecule has 0 bridgehead atoms. The van der Waals surface area contributed by atoms with Gasteiger partial charge >= 0.3 is 5.69 Å². The van der Waals surface area contributed by atoms with Crippen LogP contribution in [-0.4, -0.2) is 54.3 Å². The van der Waals surface area contributed by atoms with Crippen LogP contribution < -0.4 is 15.1 Å². The van der Waals surface area contributed by atoms with Gasteiger partial charge in [0.05, 0.1) is 13.7 Å². The topological polar surface area (TPSA) is 98.5 Å². The van der Waals surface area contributed by atoms with Gasteiger partial charge in [-0.1, -0.05) is 12.1 Å². The Bertz CT molecular complexity index is 964. The van der Waals surface area contributed by atoms with Crippen molar-refractivity contribution in [3.63, 3.8) is 0 Å². The van der Waals surface area contributed by atoms with Crippen molar-refractivity contribution in [2.24, 2.45) is 0 Å². The number of aryl methyl sites for hydroxylation is 1. The third-order valence-corrected chi connectivity index (χ3v) is 6.27. The monoisotopic (exact) mass is 395 g/mol. The molecule has 27 heavy (non-hydrogen) atoms. The first-order valence-electron chi connectivity index (χ1n) is 8.79. The standard InChI is InChI=1S/C17H25N5O4S/c1-20(2)27(24,25)19-14-7-8-16-18-22(17(23)21(16)10-9-14)12-13-5-4-6-15(11-13)26-3/h4-6,11,14,19H,7-10,12H2,1-3H3. The summed E-state index contributed by atoms with van der Waals surface area (Å²) in [4.78, 5) is 12.7. The lowest BCUT2D eigenvalue weighted by atomic mass is 10.1. The molecule has 1 unspecified atom stereocenters. The summed E-state index contributed by atoms with van der Waals surface area (Å²) in [7, 11) is 1.09. The zero-order valence-corrected chi connectivity index (χ0v) is 16.6. The van der Waals surface area contributed by atoms with Crippen LogP contribution in [-0.2, 0) is 29.7 Å². The zero-order chi connectivity index (χ0) is 19.6. The number of hydrogen-bond donors (Lipinski definition) is 1. The van der Waals surface area contributed by atoms with E-state index in [1.54, 1.807) is 11.7 Å². The van der Waals surface area contributed by atoms with Crippen LogP contribution in [0.5, 0.6) is 5.75 Å². The van der Waals surface area contributed by atoms with E-state index >= 15 is 0 Å². The predicted molar refractivity (Wildman–Crippen MR) is 101 cm³/mol. The lowest BCUT2D eigenvalue weighted by Crippen LogP contribution is -2.42. The average molecular weight is 395 g/mol. The second-order valence-electron chi connectivity index (χ2n) is 6.79. The molecule has 0 spiro atoms. The molecule has 2 heterocycles. The van der Waals surface area contributed by atoms with Crippen LogP contribution in [0.1, 0.15) is 24.2 Å². The Morgan fingerprint density at radius 2 is 2.11 bits per heavy atom. The van der Waals surface area contributed by atoms with E-state index in [1.807, 2.05) is 24.3 Å². The lowest BCUT2D eigenvalue weighted by Gasteiger charge is -2.19. The first-order valence-corrected chi connectivity index (χ1v) is 10.2. The minimum Gasteiger partial charge on any atom is -0.497 e. The molecule has 0 saturated carbocycles. The first kappa shape index (κ1) is 19.6. The molecule has 3 rings (SSSR count). The summed E-state index contributed by atoms with van der Waals surface area (Å²) in [6.07, 6.45) is 1.69. The maximum absolute atomic E-state index is 12.7. The highest BCUT2D eigenvalue weighted by atomic mass is 32.2. The van der Waals surface area contributed by atoms with Crippen molar-refractivity contribution in [3.05, 3.63) is 46.1 Å². The van der Waals surface area contributed by atoms with Crippen molar-refractivity contribution in [1.82, 2.24) is 23.4 Å². The molecular formula is C17H25N5O4S. The Morgan fingerprint density at radius 1 is 1.33 bits per heavy atom. The molecule has 1 aromatic carbocycles. The van der Waals surface area contributed by atoms with Crippen LogP contribution in [0.25, 0.3) is 0 Å². The van der Waals surface area contributed by atoms with Gasteiger partial charge in [0, 0.05) is 33.1 Å². The van der Waals surface area contributed by atoms with Gasteiger partial charge in [0.1, 0.15) is 11.6 Å². The Labute approximate surface area is 158 Å². The second-order valence-corrected chi connectivity index (χ2v) is 8.71. The molecule has 1 atom stereocenters. The van der Waals surface area contributed by atoms with E-state index in [9.17, 15) is 13.2 Å². The third-order valence-electron chi connectivity index (χ3n) is 4.68. The summed E-state index contributed by atoms with van der Waals surface area (Å²) in [6.45, 7) is 0.805. The molecule has 0 saturated heterocycles. The predicted octanol–water partition coefficient (Wildman–Crippen LogP) is 0.203. The van der Waals surface area contributed by atoms with E-state index in [0.29, 0.717) is 38.2 Å². The maximum atomic E-state index is 12.7. The van der Waals surface area contributed by atoms with E-state index in [1.165, 1.54) is 18.8 Å². The van der Waals surface area contributed by atoms with Gasteiger partial charge < -0.3 is 4.74 Å². The van der Waals surface area contributed by atoms with Crippen molar-refractivity contribution in [3.8, 4) is 5.75 Å². The SMILES string of the molecule is COc1cccc(Cn2nc3n(c2=O)CCC(NS(=O)(=O)N(C)C)CC3)c1. The van der Waals surface area contributed by atoms with E-state index in [0.717, 1.165) is 15.6 Å². The molecule has 0 radical (unpaired) electrons. The largest absolute Gasteiger partial charge is 0.497 e. The number of aromatic nitrogens is 3. The molecule has 1 aromatic heterocycles. The van der Waals surface area contributed by atoms with Gasteiger partial charge in [-0.3, -0.25) is 4.57 Å². The number of nitrogens with one attached hydrogen (secondary N) is 1. The maximum Gasteiger partial charge on any atom is 0.346 e. The van der Waals surface area contributed by atoms with Crippen molar-refractivity contribution in [1.29, 1.82) is 0 Å². The molecule has 2 aromatic rings. The molecule has 9 nitrogen and oxygen atoms in total. The zero-order valence-electron chi connectivity index (χ0n) is 15.8. The smallest absolute Gasteiger partial charge is 0.346 e. The van der Waals surface area contributed by atoms with Crippen LogP contribution in [0.4, 0.5) is 0 Å². The van der Waals surface area contributed by atoms with Crippen LogP contribution in [0, 0.1) is 0 Å². The molecular weight excluding hydrogens is 370 g/mol. The third kappa shape index (κ3) is 4.40. The van der Waals surface area contributed by atoms with Gasteiger partial charge in [-0.05, 0) is 30.5 Å². The van der Waals surface area contributed by atoms with E-state index < -0.39 is 10.2 Å². The van der Waals surface area contributed by atoms with E-state index in [4.69, 9.17) is 4.74 Å². The minimum absolute atomic E-state index is 0.177. The van der Waals surface area contributed by atoms with Crippen LogP contribution in [0.2, 0.25) is 0 Å². The van der Waals surface area contributed by atoms with E-state index in [2.05, 4.69) is 9.82 Å². The Hall–Kier alpha value is -2.17. The highest BCUT2D eigenvalue weighted by Crippen LogP contribution is 2.15. The van der Waals surface area contributed by atoms with Crippen LogP contribution in [0.3, 0.4) is 0 Å². The summed E-state index contributed by atoms with van der Waals surface area (Å²) in [5.41, 5.74) is 0.755. The van der Waals surface area contributed by atoms with Crippen LogP contribution >= 0.6 is 0 Å². The van der Waals surface area contributed by atoms with E-state index in [-0.39, 0.29) is 11.7 Å². The molecule has 148 valence electrons. The van der Waals surface area contributed by atoms with Crippen molar-refractivity contribution < 1.29 is 13.2 Å². The quantitative estimate of drug-likeness (QED) is 0.754. The fraction of sp³-hybridized carbons (Fsp3) is 0.529.